The molecule has 1 saturated heterocycles. The van der Waals surface area contributed by atoms with Gasteiger partial charge in [0.2, 0.25) is 5.91 Å². The summed E-state index contributed by atoms with van der Waals surface area (Å²) in [6, 6.07) is 2.87. The van der Waals surface area contributed by atoms with E-state index in [9.17, 15) is 18.0 Å². The summed E-state index contributed by atoms with van der Waals surface area (Å²) in [5, 5.41) is 5.63. The molecule has 1 unspecified atom stereocenters. The van der Waals surface area contributed by atoms with Gasteiger partial charge in [0.15, 0.2) is 0 Å². The third kappa shape index (κ3) is 3.07. The molecule has 1 atom stereocenters. The van der Waals surface area contributed by atoms with E-state index in [1.54, 1.807) is 6.92 Å². The highest BCUT2D eigenvalue weighted by molar-refractivity contribution is 6.33. The third-order valence-electron chi connectivity index (χ3n) is 3.46. The molecule has 1 heterocycles. The number of nitrogens with one attached hydrogen (secondary N) is 2. The minimum atomic E-state index is -4.47. The van der Waals surface area contributed by atoms with Crippen molar-refractivity contribution in [2.24, 2.45) is 5.41 Å². The lowest BCUT2D eigenvalue weighted by Crippen LogP contribution is -2.35. The molecule has 2 N–H and O–H groups in total. The third-order valence-corrected chi connectivity index (χ3v) is 3.79. The topological polar surface area (TPSA) is 41.1 Å². The molecular weight excluding hydrogens is 293 g/mol. The van der Waals surface area contributed by atoms with Crippen LogP contribution in [-0.4, -0.2) is 19.0 Å². The lowest BCUT2D eigenvalue weighted by atomic mass is 9.88. The van der Waals surface area contributed by atoms with Crippen molar-refractivity contribution >= 4 is 23.2 Å². The molecule has 1 fully saturated rings. The lowest BCUT2D eigenvalue weighted by Gasteiger charge is -2.22. The maximum Gasteiger partial charge on any atom is 0.416 e. The Morgan fingerprint density at radius 3 is 2.70 bits per heavy atom. The first-order valence-electron chi connectivity index (χ1n) is 6.11. The first-order valence-corrected chi connectivity index (χ1v) is 6.49. The first-order chi connectivity index (χ1) is 9.22. The van der Waals surface area contributed by atoms with Crippen LogP contribution < -0.4 is 10.6 Å². The highest BCUT2D eigenvalue weighted by Crippen LogP contribution is 2.35. The Morgan fingerprint density at radius 1 is 1.45 bits per heavy atom. The number of hydrogen-bond donors (Lipinski definition) is 2. The van der Waals surface area contributed by atoms with Gasteiger partial charge in [0.25, 0.3) is 0 Å². The first kappa shape index (κ1) is 15.1. The van der Waals surface area contributed by atoms with Gasteiger partial charge in [-0.2, -0.15) is 13.2 Å². The van der Waals surface area contributed by atoms with Crippen molar-refractivity contribution in [3.05, 3.63) is 28.8 Å². The summed E-state index contributed by atoms with van der Waals surface area (Å²) in [4.78, 5) is 12.2. The standard InChI is InChI=1S/C13H14ClF3N2O/c1-12(4-5-18-7-12)11(20)19-10-6-8(13(15,16)17)2-3-9(10)14/h2-3,6,18H,4-5,7H2,1H3,(H,19,20). The second-order valence-electron chi connectivity index (χ2n) is 5.13. The van der Waals surface area contributed by atoms with Crippen LogP contribution in [0.25, 0.3) is 0 Å². The van der Waals surface area contributed by atoms with E-state index < -0.39 is 17.2 Å². The van der Waals surface area contributed by atoms with E-state index in [0.717, 1.165) is 18.2 Å². The highest BCUT2D eigenvalue weighted by atomic mass is 35.5. The summed E-state index contributed by atoms with van der Waals surface area (Å²) in [5.41, 5.74) is -1.48. The van der Waals surface area contributed by atoms with Crippen LogP contribution in [0.4, 0.5) is 18.9 Å². The van der Waals surface area contributed by atoms with Crippen LogP contribution >= 0.6 is 11.6 Å². The molecule has 3 nitrogen and oxygen atoms in total. The van der Waals surface area contributed by atoms with E-state index in [4.69, 9.17) is 11.6 Å². The zero-order valence-corrected chi connectivity index (χ0v) is 11.5. The van der Waals surface area contributed by atoms with Crippen molar-refractivity contribution in [2.45, 2.75) is 19.5 Å². The number of halogens is 4. The van der Waals surface area contributed by atoms with Gasteiger partial charge in [-0.3, -0.25) is 4.79 Å². The fraction of sp³-hybridized carbons (Fsp3) is 0.462. The van der Waals surface area contributed by atoms with Gasteiger partial charge in [-0.25, -0.2) is 0 Å². The van der Waals surface area contributed by atoms with Crippen molar-refractivity contribution in [3.8, 4) is 0 Å². The molecular formula is C13H14ClF3N2O. The van der Waals surface area contributed by atoms with Crippen molar-refractivity contribution in [1.82, 2.24) is 5.32 Å². The average Bonchev–Trinajstić information content (AvgIpc) is 2.79. The zero-order chi connectivity index (χ0) is 15.0. The molecule has 1 amide bonds. The van der Waals surface area contributed by atoms with E-state index in [-0.39, 0.29) is 16.6 Å². The second-order valence-corrected chi connectivity index (χ2v) is 5.54. The van der Waals surface area contributed by atoms with Crippen LogP contribution in [0.15, 0.2) is 18.2 Å². The number of anilines is 1. The highest BCUT2D eigenvalue weighted by Gasteiger charge is 2.37. The number of carbonyl (C=O) groups excluding carboxylic acids is 1. The molecule has 0 saturated carbocycles. The van der Waals surface area contributed by atoms with Crippen LogP contribution in [0.3, 0.4) is 0 Å². The predicted octanol–water partition coefficient (Wildman–Crippen LogP) is 3.30. The molecule has 110 valence electrons. The summed E-state index contributed by atoms with van der Waals surface area (Å²) in [6.07, 6.45) is -3.84. The van der Waals surface area contributed by atoms with Crippen LogP contribution in [-0.2, 0) is 11.0 Å². The van der Waals surface area contributed by atoms with Crippen molar-refractivity contribution in [2.75, 3.05) is 18.4 Å². The molecule has 20 heavy (non-hydrogen) atoms. The van der Waals surface area contributed by atoms with Gasteiger partial charge in [0.05, 0.1) is 21.7 Å². The second kappa shape index (κ2) is 5.26. The Bertz CT molecular complexity index is 525. The fourth-order valence-electron chi connectivity index (χ4n) is 2.08. The van der Waals surface area contributed by atoms with Gasteiger partial charge in [-0.1, -0.05) is 11.6 Å². The normalized spacial score (nSPS) is 22.9. The number of rotatable bonds is 2. The summed E-state index contributed by atoms with van der Waals surface area (Å²) in [5.74, 6) is -0.330. The molecule has 1 aromatic carbocycles. The van der Waals surface area contributed by atoms with E-state index >= 15 is 0 Å². The molecule has 0 spiro atoms. The Morgan fingerprint density at radius 2 is 2.15 bits per heavy atom. The van der Waals surface area contributed by atoms with E-state index in [0.29, 0.717) is 19.5 Å². The van der Waals surface area contributed by atoms with E-state index in [1.165, 1.54) is 0 Å². The van der Waals surface area contributed by atoms with Gasteiger partial charge >= 0.3 is 6.18 Å². The van der Waals surface area contributed by atoms with Gasteiger partial charge < -0.3 is 10.6 Å². The van der Waals surface area contributed by atoms with Crippen LogP contribution in [0, 0.1) is 5.41 Å². The Balaban J connectivity index is 2.22. The number of carbonyl (C=O) groups is 1. The summed E-state index contributed by atoms with van der Waals surface area (Å²) >= 11 is 5.84. The molecule has 0 aromatic heterocycles. The Labute approximate surface area is 119 Å². The van der Waals surface area contributed by atoms with E-state index in [2.05, 4.69) is 10.6 Å². The molecule has 7 heteroatoms. The van der Waals surface area contributed by atoms with Crippen molar-refractivity contribution in [1.29, 1.82) is 0 Å². The van der Waals surface area contributed by atoms with Crippen molar-refractivity contribution < 1.29 is 18.0 Å². The van der Waals surface area contributed by atoms with Crippen LogP contribution in [0.2, 0.25) is 5.02 Å². The maximum atomic E-state index is 12.6. The lowest BCUT2D eigenvalue weighted by molar-refractivity contribution is -0.137. The Hall–Kier alpha value is -1.27. The Kier molecular flexibility index (Phi) is 3.97. The molecule has 2 rings (SSSR count). The summed E-state index contributed by atoms with van der Waals surface area (Å²) in [7, 11) is 0. The quantitative estimate of drug-likeness (QED) is 0.880. The monoisotopic (exact) mass is 306 g/mol. The molecule has 1 aliphatic rings. The van der Waals surface area contributed by atoms with E-state index in [1.807, 2.05) is 0 Å². The van der Waals surface area contributed by atoms with Crippen LogP contribution in [0.1, 0.15) is 18.9 Å². The molecule has 1 aliphatic heterocycles. The number of hydrogen-bond acceptors (Lipinski definition) is 2. The van der Waals surface area contributed by atoms with Crippen molar-refractivity contribution in [3.63, 3.8) is 0 Å². The number of benzene rings is 1. The minimum absolute atomic E-state index is 0.0142. The summed E-state index contributed by atoms with van der Waals surface area (Å²) < 4.78 is 37.9. The molecule has 0 radical (unpaired) electrons. The molecule has 0 aliphatic carbocycles. The van der Waals surface area contributed by atoms with Gasteiger partial charge in [0.1, 0.15) is 0 Å². The predicted molar refractivity (Wildman–Crippen MR) is 70.7 cm³/mol. The summed E-state index contributed by atoms with van der Waals surface area (Å²) in [6.45, 7) is 2.97. The van der Waals surface area contributed by atoms with Gasteiger partial charge in [-0.05, 0) is 38.1 Å². The zero-order valence-electron chi connectivity index (χ0n) is 10.8. The number of alkyl halides is 3. The average molecular weight is 307 g/mol. The largest absolute Gasteiger partial charge is 0.416 e. The molecule has 0 bridgehead atoms. The minimum Gasteiger partial charge on any atom is -0.324 e. The van der Waals surface area contributed by atoms with Gasteiger partial charge in [-0.15, -0.1) is 0 Å². The number of amides is 1. The SMILES string of the molecule is CC1(C(=O)Nc2cc(C(F)(F)F)ccc2Cl)CCNC1. The smallest absolute Gasteiger partial charge is 0.324 e. The van der Waals surface area contributed by atoms with Crippen LogP contribution in [0.5, 0.6) is 0 Å². The maximum absolute atomic E-state index is 12.6. The van der Waals surface area contributed by atoms with Gasteiger partial charge in [0, 0.05) is 6.54 Å². The molecule has 1 aromatic rings. The fourth-order valence-corrected chi connectivity index (χ4v) is 2.25.